The monoisotopic (exact) mass is 423 g/mol. The van der Waals surface area contributed by atoms with Gasteiger partial charge in [-0.2, -0.15) is 0 Å². The minimum atomic E-state index is -0.202. The molecule has 1 aliphatic heterocycles. The van der Waals surface area contributed by atoms with E-state index in [-0.39, 0.29) is 5.91 Å². The highest BCUT2D eigenvalue weighted by Gasteiger charge is 2.14. The SMILES string of the molecule is O=C(Nc1ccc(-c2ccc(N3CCCC3)nn2)cc1)c1cncc(Br)c1. The highest BCUT2D eigenvalue weighted by molar-refractivity contribution is 9.10. The Bertz CT molecular complexity index is 937. The molecule has 3 aromatic rings. The molecule has 3 heterocycles. The second kappa shape index (κ2) is 7.84. The van der Waals surface area contributed by atoms with Crippen LogP contribution in [0, 0.1) is 0 Å². The molecular formula is C20H18BrN5O. The van der Waals surface area contributed by atoms with Crippen LogP contribution in [-0.4, -0.2) is 34.2 Å². The maximum Gasteiger partial charge on any atom is 0.257 e. The van der Waals surface area contributed by atoms with Crippen molar-refractivity contribution < 1.29 is 4.79 Å². The molecule has 2 aromatic heterocycles. The van der Waals surface area contributed by atoms with Crippen LogP contribution in [0.3, 0.4) is 0 Å². The van der Waals surface area contributed by atoms with E-state index in [1.54, 1.807) is 12.3 Å². The van der Waals surface area contributed by atoms with E-state index in [0.717, 1.165) is 34.6 Å². The van der Waals surface area contributed by atoms with Gasteiger partial charge in [-0.05, 0) is 59.1 Å². The smallest absolute Gasteiger partial charge is 0.257 e. The quantitative estimate of drug-likeness (QED) is 0.681. The summed E-state index contributed by atoms with van der Waals surface area (Å²) < 4.78 is 0.765. The van der Waals surface area contributed by atoms with Crippen LogP contribution in [-0.2, 0) is 0 Å². The number of benzene rings is 1. The molecule has 6 nitrogen and oxygen atoms in total. The van der Waals surface area contributed by atoms with Gasteiger partial charge in [0.15, 0.2) is 5.82 Å². The Kier molecular flexibility index (Phi) is 5.11. The molecule has 0 bridgehead atoms. The molecule has 4 rings (SSSR count). The van der Waals surface area contributed by atoms with Crippen molar-refractivity contribution in [3.05, 3.63) is 64.9 Å². The summed E-state index contributed by atoms with van der Waals surface area (Å²) >= 11 is 3.32. The van der Waals surface area contributed by atoms with Crippen molar-refractivity contribution in [2.45, 2.75) is 12.8 Å². The number of amides is 1. The molecule has 27 heavy (non-hydrogen) atoms. The lowest BCUT2D eigenvalue weighted by atomic mass is 10.1. The molecule has 0 spiro atoms. The fraction of sp³-hybridized carbons (Fsp3) is 0.200. The number of nitrogens with one attached hydrogen (secondary N) is 1. The summed E-state index contributed by atoms with van der Waals surface area (Å²) in [6, 6.07) is 13.3. The number of hydrogen-bond donors (Lipinski definition) is 1. The van der Waals surface area contributed by atoms with Gasteiger partial charge in [0.2, 0.25) is 0 Å². The van der Waals surface area contributed by atoms with Gasteiger partial charge in [-0.1, -0.05) is 12.1 Å². The van der Waals surface area contributed by atoms with Gasteiger partial charge in [0.1, 0.15) is 0 Å². The van der Waals surface area contributed by atoms with Crippen molar-refractivity contribution in [1.29, 1.82) is 0 Å². The zero-order valence-electron chi connectivity index (χ0n) is 14.6. The number of halogens is 1. The van der Waals surface area contributed by atoms with Gasteiger partial charge in [-0.15, -0.1) is 10.2 Å². The lowest BCUT2D eigenvalue weighted by Crippen LogP contribution is -2.19. The molecular weight excluding hydrogens is 406 g/mol. The van der Waals surface area contributed by atoms with Crippen LogP contribution in [0.25, 0.3) is 11.3 Å². The summed E-state index contributed by atoms with van der Waals surface area (Å²) in [5.74, 6) is 0.731. The van der Waals surface area contributed by atoms with Crippen molar-refractivity contribution in [3.8, 4) is 11.3 Å². The van der Waals surface area contributed by atoms with Crippen LogP contribution >= 0.6 is 15.9 Å². The molecule has 0 radical (unpaired) electrons. The zero-order valence-corrected chi connectivity index (χ0v) is 16.2. The molecule has 1 aliphatic rings. The van der Waals surface area contributed by atoms with Gasteiger partial charge in [0, 0.05) is 41.2 Å². The van der Waals surface area contributed by atoms with E-state index in [1.807, 2.05) is 36.4 Å². The average molecular weight is 424 g/mol. The Hall–Kier alpha value is -2.80. The fourth-order valence-corrected chi connectivity index (χ4v) is 3.42. The van der Waals surface area contributed by atoms with E-state index in [4.69, 9.17) is 0 Å². The van der Waals surface area contributed by atoms with Gasteiger partial charge < -0.3 is 10.2 Å². The maximum absolute atomic E-state index is 12.3. The highest BCUT2D eigenvalue weighted by atomic mass is 79.9. The lowest BCUT2D eigenvalue weighted by molar-refractivity contribution is 0.102. The standard InChI is InChI=1S/C20H18BrN5O/c21-16-11-15(12-22-13-16)20(27)23-17-5-3-14(4-6-17)18-7-8-19(25-24-18)26-9-1-2-10-26/h3-8,11-13H,1-2,9-10H2,(H,23,27). The normalized spacial score (nSPS) is 13.6. The molecule has 1 N–H and O–H groups in total. The van der Waals surface area contributed by atoms with E-state index in [9.17, 15) is 4.79 Å². The number of rotatable bonds is 4. The molecule has 7 heteroatoms. The molecule has 1 amide bonds. The van der Waals surface area contributed by atoms with Gasteiger partial charge in [-0.25, -0.2) is 0 Å². The summed E-state index contributed by atoms with van der Waals surface area (Å²) in [5.41, 5.74) is 2.98. The van der Waals surface area contributed by atoms with E-state index >= 15 is 0 Å². The minimum absolute atomic E-state index is 0.202. The topological polar surface area (TPSA) is 71.0 Å². The van der Waals surface area contributed by atoms with Crippen molar-refractivity contribution >= 4 is 33.3 Å². The first-order chi connectivity index (χ1) is 13.2. The molecule has 136 valence electrons. The predicted octanol–water partition coefficient (Wildman–Crippen LogP) is 4.15. The minimum Gasteiger partial charge on any atom is -0.355 e. The highest BCUT2D eigenvalue weighted by Crippen LogP contribution is 2.22. The van der Waals surface area contributed by atoms with E-state index < -0.39 is 0 Å². The number of pyridine rings is 1. The average Bonchev–Trinajstić information content (AvgIpc) is 3.24. The third-order valence-corrected chi connectivity index (χ3v) is 4.92. The summed E-state index contributed by atoms with van der Waals surface area (Å²) in [6.45, 7) is 2.10. The third kappa shape index (κ3) is 4.14. The van der Waals surface area contributed by atoms with Crippen LogP contribution in [0.5, 0.6) is 0 Å². The van der Waals surface area contributed by atoms with Crippen molar-refractivity contribution in [2.24, 2.45) is 0 Å². The van der Waals surface area contributed by atoms with Crippen LogP contribution in [0.4, 0.5) is 11.5 Å². The second-order valence-corrected chi connectivity index (χ2v) is 7.31. The van der Waals surface area contributed by atoms with Gasteiger partial charge >= 0.3 is 0 Å². The third-order valence-electron chi connectivity index (χ3n) is 4.49. The molecule has 0 unspecified atom stereocenters. The number of hydrogen-bond acceptors (Lipinski definition) is 5. The molecule has 0 aliphatic carbocycles. The number of carbonyl (C=O) groups is 1. The molecule has 0 saturated carbocycles. The summed E-state index contributed by atoms with van der Waals surface area (Å²) in [4.78, 5) is 18.6. The first-order valence-electron chi connectivity index (χ1n) is 8.80. The molecule has 0 atom stereocenters. The summed E-state index contributed by atoms with van der Waals surface area (Å²) in [6.07, 6.45) is 5.60. The van der Waals surface area contributed by atoms with E-state index in [1.165, 1.54) is 19.0 Å². The number of anilines is 2. The first kappa shape index (κ1) is 17.6. The predicted molar refractivity (Wildman–Crippen MR) is 109 cm³/mol. The largest absolute Gasteiger partial charge is 0.355 e. The molecule has 1 aromatic carbocycles. The van der Waals surface area contributed by atoms with Crippen LogP contribution in [0.2, 0.25) is 0 Å². The van der Waals surface area contributed by atoms with Crippen molar-refractivity contribution in [2.75, 3.05) is 23.3 Å². The van der Waals surface area contributed by atoms with Crippen LogP contribution in [0.15, 0.2) is 59.3 Å². The first-order valence-corrected chi connectivity index (χ1v) is 9.59. The Morgan fingerprint density at radius 3 is 2.44 bits per heavy atom. The molecule has 1 fully saturated rings. The Balaban J connectivity index is 1.44. The molecule has 1 saturated heterocycles. The van der Waals surface area contributed by atoms with E-state index in [2.05, 4.69) is 41.3 Å². The van der Waals surface area contributed by atoms with Gasteiger partial charge in [0.05, 0.1) is 11.3 Å². The number of aromatic nitrogens is 3. The van der Waals surface area contributed by atoms with Crippen LogP contribution in [0.1, 0.15) is 23.2 Å². The Morgan fingerprint density at radius 1 is 1.00 bits per heavy atom. The Morgan fingerprint density at radius 2 is 1.78 bits per heavy atom. The van der Waals surface area contributed by atoms with E-state index in [0.29, 0.717) is 11.3 Å². The zero-order chi connectivity index (χ0) is 18.6. The van der Waals surface area contributed by atoms with Gasteiger partial charge in [0.25, 0.3) is 5.91 Å². The van der Waals surface area contributed by atoms with Crippen molar-refractivity contribution in [1.82, 2.24) is 15.2 Å². The number of carbonyl (C=O) groups excluding carboxylic acids is 1. The van der Waals surface area contributed by atoms with Gasteiger partial charge in [-0.3, -0.25) is 9.78 Å². The summed E-state index contributed by atoms with van der Waals surface area (Å²) in [5, 5.41) is 11.6. The lowest BCUT2D eigenvalue weighted by Gasteiger charge is -2.15. The second-order valence-electron chi connectivity index (χ2n) is 6.39. The Labute approximate surface area is 165 Å². The summed E-state index contributed by atoms with van der Waals surface area (Å²) in [7, 11) is 0. The number of nitrogens with zero attached hydrogens (tertiary/aromatic N) is 4. The van der Waals surface area contributed by atoms with Crippen molar-refractivity contribution in [3.63, 3.8) is 0 Å². The fourth-order valence-electron chi connectivity index (χ4n) is 3.06. The maximum atomic E-state index is 12.3. The van der Waals surface area contributed by atoms with Crippen LogP contribution < -0.4 is 10.2 Å².